The van der Waals surface area contributed by atoms with Crippen LogP contribution >= 0.6 is 0 Å². The molecule has 0 heterocycles. The minimum absolute atomic E-state index is 0. The molecule has 0 bridgehead atoms. The van der Waals surface area contributed by atoms with Crippen LogP contribution in [0.15, 0.2) is 24.3 Å². The van der Waals surface area contributed by atoms with E-state index < -0.39 is 32.0 Å². The molecule has 0 atom stereocenters. The van der Waals surface area contributed by atoms with Crippen molar-refractivity contribution in [3.05, 3.63) is 24.3 Å². The summed E-state index contributed by atoms with van der Waals surface area (Å²) in [5, 5.41) is 0. The number of ether oxygens (including phenoxy) is 2. The maximum Gasteiger partial charge on any atom is 1.00 e. The van der Waals surface area contributed by atoms with E-state index in [-0.39, 0.29) is 57.1 Å². The van der Waals surface area contributed by atoms with Gasteiger partial charge in [-0.3, -0.25) is 4.74 Å². The van der Waals surface area contributed by atoms with Crippen LogP contribution < -0.4 is 61.6 Å². The molecule has 2 nitrogen and oxygen atoms in total. The van der Waals surface area contributed by atoms with Crippen LogP contribution in [0, 0.1) is 0 Å². The molecule has 0 amide bonds. The van der Waals surface area contributed by atoms with Crippen molar-refractivity contribution >= 4 is 12.4 Å². The normalized spacial score (nSPS) is 11.9. The summed E-state index contributed by atoms with van der Waals surface area (Å²) in [4.78, 5) is 0. The number of alkyl halides is 3. The van der Waals surface area contributed by atoms with Gasteiger partial charge in [-0.05, 0) is 12.1 Å². The van der Waals surface area contributed by atoms with Gasteiger partial charge < -0.3 is 17.7 Å². The SMILES string of the molecule is F[B-](F)(F)c1ccc(OCCOC(F)(F)F)cc1.[K+]. The standard InChI is InChI=1S/C9H8BF6O2.K/c11-9(12,13)18-6-5-17-8-3-1-7(2-4-8)10(14,15)16;/h1-4H,5-6H2;/q-1;+1. The molecule has 0 aliphatic carbocycles. The maximum atomic E-state index is 12.2. The molecule has 1 aromatic rings. The second kappa shape index (κ2) is 7.89. The number of hydrogen-bond donors (Lipinski definition) is 0. The van der Waals surface area contributed by atoms with Gasteiger partial charge in [0.1, 0.15) is 12.4 Å². The zero-order valence-electron chi connectivity index (χ0n) is 9.89. The molecule has 0 aromatic heterocycles. The van der Waals surface area contributed by atoms with E-state index >= 15 is 0 Å². The molecule has 0 saturated heterocycles. The first kappa shape index (κ1) is 19.3. The van der Waals surface area contributed by atoms with Gasteiger partial charge in [-0.1, -0.05) is 12.1 Å². The van der Waals surface area contributed by atoms with Crippen LogP contribution in [0.1, 0.15) is 0 Å². The fourth-order valence-corrected chi connectivity index (χ4v) is 1.10. The van der Waals surface area contributed by atoms with Gasteiger partial charge in [0, 0.05) is 0 Å². The van der Waals surface area contributed by atoms with E-state index in [1.165, 1.54) is 0 Å². The molecule has 102 valence electrons. The van der Waals surface area contributed by atoms with Crippen molar-refractivity contribution in [2.45, 2.75) is 6.36 Å². The van der Waals surface area contributed by atoms with Crippen molar-refractivity contribution in [1.82, 2.24) is 0 Å². The van der Waals surface area contributed by atoms with Gasteiger partial charge in [-0.2, -0.15) is 0 Å². The topological polar surface area (TPSA) is 18.5 Å². The average Bonchev–Trinajstić information content (AvgIpc) is 2.22. The Hall–Kier alpha value is 0.261. The summed E-state index contributed by atoms with van der Waals surface area (Å²) in [6.07, 6.45) is -4.74. The van der Waals surface area contributed by atoms with Gasteiger partial charge >= 0.3 is 64.7 Å². The molecule has 0 radical (unpaired) electrons. The van der Waals surface area contributed by atoms with Crippen molar-refractivity contribution in [3.63, 3.8) is 0 Å². The quantitative estimate of drug-likeness (QED) is 0.421. The van der Waals surface area contributed by atoms with Crippen molar-refractivity contribution in [3.8, 4) is 5.75 Å². The van der Waals surface area contributed by atoms with Gasteiger partial charge in [0.05, 0.1) is 6.61 Å². The molecule has 0 N–H and O–H groups in total. The summed E-state index contributed by atoms with van der Waals surface area (Å²) in [6.45, 7) is -6.22. The zero-order chi connectivity index (χ0) is 13.8. The van der Waals surface area contributed by atoms with Gasteiger partial charge in [0.2, 0.25) is 0 Å². The van der Waals surface area contributed by atoms with Gasteiger partial charge in [0.15, 0.2) is 0 Å². The van der Waals surface area contributed by atoms with Crippen molar-refractivity contribution in [2.24, 2.45) is 0 Å². The molecule has 1 aromatic carbocycles. The molecule has 0 unspecified atom stereocenters. The van der Waals surface area contributed by atoms with E-state index in [9.17, 15) is 26.1 Å². The Bertz CT molecular complexity index is 378. The first-order chi connectivity index (χ1) is 8.18. The Labute approximate surface area is 147 Å². The number of halogens is 6. The predicted molar refractivity (Wildman–Crippen MR) is 52.7 cm³/mol. The van der Waals surface area contributed by atoms with E-state index in [1.807, 2.05) is 0 Å². The fraction of sp³-hybridized carbons (Fsp3) is 0.333. The summed E-state index contributed by atoms with van der Waals surface area (Å²) < 4.78 is 79.6. The van der Waals surface area contributed by atoms with Crippen LogP contribution in [0.4, 0.5) is 26.1 Å². The van der Waals surface area contributed by atoms with Crippen molar-refractivity contribution < 1.29 is 87.0 Å². The Kier molecular flexibility index (Phi) is 8.00. The third kappa shape index (κ3) is 8.20. The third-order valence-corrected chi connectivity index (χ3v) is 1.88. The summed E-state index contributed by atoms with van der Waals surface area (Å²) in [7, 11) is 0. The first-order valence-corrected chi connectivity index (χ1v) is 4.82. The molecule has 10 heteroatoms. The molecular weight excluding hydrogens is 304 g/mol. The first-order valence-electron chi connectivity index (χ1n) is 4.82. The number of benzene rings is 1. The smallest absolute Gasteiger partial charge is 0.491 e. The minimum atomic E-state index is -5.08. The summed E-state index contributed by atoms with van der Waals surface area (Å²) in [6, 6.07) is 3.69. The minimum Gasteiger partial charge on any atom is -0.491 e. The number of rotatable bonds is 5. The molecule has 0 aliphatic rings. The summed E-state index contributed by atoms with van der Waals surface area (Å²) in [5.41, 5.74) is -0.797. The van der Waals surface area contributed by atoms with Crippen LogP contribution in [-0.2, 0) is 4.74 Å². The number of hydrogen-bond acceptors (Lipinski definition) is 2. The van der Waals surface area contributed by atoms with E-state index in [0.717, 1.165) is 24.3 Å². The van der Waals surface area contributed by atoms with Crippen LogP contribution in [0.3, 0.4) is 0 Å². The molecule has 19 heavy (non-hydrogen) atoms. The molecule has 0 saturated carbocycles. The fourth-order valence-electron chi connectivity index (χ4n) is 1.10. The van der Waals surface area contributed by atoms with Gasteiger partial charge in [-0.15, -0.1) is 18.6 Å². The van der Waals surface area contributed by atoms with Crippen LogP contribution in [-0.4, -0.2) is 26.6 Å². The van der Waals surface area contributed by atoms with Crippen molar-refractivity contribution in [2.75, 3.05) is 13.2 Å². The second-order valence-electron chi connectivity index (χ2n) is 3.29. The van der Waals surface area contributed by atoms with E-state index in [4.69, 9.17) is 4.74 Å². The van der Waals surface area contributed by atoms with Gasteiger partial charge in [-0.25, -0.2) is 0 Å². The Morgan fingerprint density at radius 3 is 1.89 bits per heavy atom. The molecule has 0 fully saturated rings. The Morgan fingerprint density at radius 1 is 0.947 bits per heavy atom. The summed E-state index contributed by atoms with van der Waals surface area (Å²) in [5.74, 6) is 0.0459. The Morgan fingerprint density at radius 2 is 1.47 bits per heavy atom. The van der Waals surface area contributed by atoms with Crippen LogP contribution in [0.5, 0.6) is 5.75 Å². The summed E-state index contributed by atoms with van der Waals surface area (Å²) >= 11 is 0. The van der Waals surface area contributed by atoms with E-state index in [1.54, 1.807) is 0 Å². The van der Waals surface area contributed by atoms with Crippen LogP contribution in [0.25, 0.3) is 0 Å². The average molecular weight is 312 g/mol. The molecule has 0 spiro atoms. The monoisotopic (exact) mass is 312 g/mol. The molecule has 1 rings (SSSR count). The van der Waals surface area contributed by atoms with Gasteiger partial charge in [0.25, 0.3) is 0 Å². The molecule has 0 aliphatic heterocycles. The van der Waals surface area contributed by atoms with Crippen LogP contribution in [0.2, 0.25) is 0 Å². The third-order valence-electron chi connectivity index (χ3n) is 1.88. The predicted octanol–water partition coefficient (Wildman–Crippen LogP) is -0.340. The zero-order valence-corrected chi connectivity index (χ0v) is 13.0. The maximum absolute atomic E-state index is 12.2. The van der Waals surface area contributed by atoms with E-state index in [0.29, 0.717) is 0 Å². The molecular formula is C9H8BF6KO2. The largest absolute Gasteiger partial charge is 1.00 e. The van der Waals surface area contributed by atoms with E-state index in [2.05, 4.69) is 4.74 Å². The Balaban J connectivity index is 0.00000324. The second-order valence-corrected chi connectivity index (χ2v) is 3.29. The van der Waals surface area contributed by atoms with Crippen molar-refractivity contribution in [1.29, 1.82) is 0 Å².